The third-order valence-electron chi connectivity index (χ3n) is 2.60. The second kappa shape index (κ2) is 4.26. The number of aromatic nitrogens is 1. The van der Waals surface area contributed by atoms with Gasteiger partial charge < -0.3 is 0 Å². The van der Waals surface area contributed by atoms with Gasteiger partial charge >= 0.3 is 0 Å². The Balaban J connectivity index is 2.37. The first-order chi connectivity index (χ1) is 7.29. The molecule has 0 unspecified atom stereocenters. The maximum Gasteiger partial charge on any atom is 0.0519 e. The minimum absolute atomic E-state index is 1.05. The molecule has 1 nitrogen and oxygen atoms in total. The fourth-order valence-electron chi connectivity index (χ4n) is 1.72. The molecule has 0 spiro atoms. The van der Waals surface area contributed by atoms with Gasteiger partial charge in [-0.2, -0.15) is 0 Å². The second-order valence-electron chi connectivity index (χ2n) is 3.65. The molecule has 0 aliphatic rings. The van der Waals surface area contributed by atoms with Gasteiger partial charge in [-0.25, -0.2) is 0 Å². The lowest BCUT2D eigenvalue weighted by Crippen LogP contribution is -2.01. The molecule has 1 aromatic carbocycles. The zero-order valence-corrected chi connectivity index (χ0v) is 9.07. The van der Waals surface area contributed by atoms with E-state index in [1.807, 2.05) is 24.4 Å². The topological polar surface area (TPSA) is 12.9 Å². The van der Waals surface area contributed by atoms with Crippen molar-refractivity contribution in [1.82, 2.24) is 4.98 Å². The highest BCUT2D eigenvalue weighted by Gasteiger charge is 2.11. The van der Waals surface area contributed by atoms with Gasteiger partial charge in [0, 0.05) is 12.1 Å². The van der Waals surface area contributed by atoms with Crippen molar-refractivity contribution in [3.8, 4) is 0 Å². The van der Waals surface area contributed by atoms with Crippen LogP contribution in [0.25, 0.3) is 0 Å². The number of pyridine rings is 1. The van der Waals surface area contributed by atoms with Gasteiger partial charge in [-0.15, -0.1) is 0 Å². The molecule has 1 heterocycles. The van der Waals surface area contributed by atoms with Crippen LogP contribution in [0.3, 0.4) is 0 Å². The van der Waals surface area contributed by atoms with Crippen LogP contribution in [0.2, 0.25) is 0 Å². The van der Waals surface area contributed by atoms with Crippen LogP contribution in [-0.2, 0) is 0 Å². The van der Waals surface area contributed by atoms with Crippen molar-refractivity contribution >= 4 is 0 Å². The maximum absolute atomic E-state index is 4.36. The third-order valence-corrected chi connectivity index (χ3v) is 2.60. The molecule has 2 rings (SSSR count). The molecule has 0 amide bonds. The van der Waals surface area contributed by atoms with E-state index in [-0.39, 0.29) is 0 Å². The van der Waals surface area contributed by atoms with Crippen LogP contribution in [0, 0.1) is 12.8 Å². The number of hydrogen-bond acceptors (Lipinski definition) is 1. The summed E-state index contributed by atoms with van der Waals surface area (Å²) >= 11 is 0. The van der Waals surface area contributed by atoms with Gasteiger partial charge in [-0.3, -0.25) is 4.98 Å². The van der Waals surface area contributed by atoms with E-state index in [2.05, 4.69) is 43.1 Å². The van der Waals surface area contributed by atoms with E-state index in [0.29, 0.717) is 0 Å². The van der Waals surface area contributed by atoms with Crippen molar-refractivity contribution in [2.24, 2.45) is 0 Å². The minimum atomic E-state index is 1.05. The van der Waals surface area contributed by atoms with Gasteiger partial charge in [0.15, 0.2) is 0 Å². The van der Waals surface area contributed by atoms with Gasteiger partial charge in [0.2, 0.25) is 0 Å². The molecule has 75 valence electrons. The van der Waals surface area contributed by atoms with E-state index in [0.717, 1.165) is 5.69 Å². The molecule has 0 atom stereocenters. The predicted molar refractivity (Wildman–Crippen MR) is 62.5 cm³/mol. The second-order valence-corrected chi connectivity index (χ2v) is 3.65. The van der Waals surface area contributed by atoms with Crippen LogP contribution in [-0.4, -0.2) is 4.98 Å². The molecule has 1 radical (unpaired) electrons. The summed E-state index contributed by atoms with van der Waals surface area (Å²) < 4.78 is 0. The van der Waals surface area contributed by atoms with Crippen molar-refractivity contribution in [2.45, 2.75) is 13.8 Å². The Morgan fingerprint density at radius 2 is 1.73 bits per heavy atom. The molecule has 0 bridgehead atoms. The summed E-state index contributed by atoms with van der Waals surface area (Å²) in [6.45, 7) is 4.24. The molecule has 15 heavy (non-hydrogen) atoms. The molecule has 0 saturated heterocycles. The van der Waals surface area contributed by atoms with Crippen LogP contribution in [0.5, 0.6) is 0 Å². The largest absolute Gasteiger partial charge is 0.260 e. The average molecular weight is 196 g/mol. The number of hydrogen-bond donors (Lipinski definition) is 0. The highest BCUT2D eigenvalue weighted by atomic mass is 14.7. The van der Waals surface area contributed by atoms with E-state index in [4.69, 9.17) is 0 Å². The van der Waals surface area contributed by atoms with Crippen molar-refractivity contribution in [2.75, 3.05) is 0 Å². The van der Waals surface area contributed by atoms with Crippen LogP contribution in [0.1, 0.15) is 23.7 Å². The predicted octanol–water partition coefficient (Wildman–Crippen LogP) is 3.38. The van der Waals surface area contributed by atoms with Crippen molar-refractivity contribution in [1.29, 1.82) is 0 Å². The van der Waals surface area contributed by atoms with Crippen LogP contribution >= 0.6 is 0 Å². The van der Waals surface area contributed by atoms with Crippen LogP contribution in [0.4, 0.5) is 0 Å². The third kappa shape index (κ3) is 2.07. The Morgan fingerprint density at radius 3 is 2.40 bits per heavy atom. The monoisotopic (exact) mass is 196 g/mol. The van der Waals surface area contributed by atoms with Gasteiger partial charge in [0.25, 0.3) is 0 Å². The van der Waals surface area contributed by atoms with Gasteiger partial charge in [0.05, 0.1) is 5.69 Å². The highest BCUT2D eigenvalue weighted by Crippen LogP contribution is 2.23. The first-order valence-corrected chi connectivity index (χ1v) is 5.10. The zero-order valence-electron chi connectivity index (χ0n) is 9.07. The molecular weight excluding hydrogens is 182 g/mol. The maximum atomic E-state index is 4.36. The fraction of sp³-hybridized carbons (Fsp3) is 0.143. The lowest BCUT2D eigenvalue weighted by Gasteiger charge is -2.12. The number of nitrogens with zero attached hydrogens (tertiary/aromatic N) is 1. The van der Waals surface area contributed by atoms with Gasteiger partial charge in [-0.1, -0.05) is 30.3 Å². The molecular formula is C14H14N. The van der Waals surface area contributed by atoms with Crippen LogP contribution < -0.4 is 0 Å². The SMILES string of the molecule is C[C](c1ccccn1)c1ccccc1C. The summed E-state index contributed by atoms with van der Waals surface area (Å²) in [7, 11) is 0. The number of benzene rings is 1. The molecule has 2 aromatic rings. The van der Waals surface area contributed by atoms with Gasteiger partial charge in [-0.05, 0) is 37.1 Å². The van der Waals surface area contributed by atoms with E-state index in [9.17, 15) is 0 Å². The summed E-state index contributed by atoms with van der Waals surface area (Å²) in [4.78, 5) is 4.36. The first kappa shape index (κ1) is 9.91. The van der Waals surface area contributed by atoms with E-state index < -0.39 is 0 Å². The Morgan fingerprint density at radius 1 is 1.00 bits per heavy atom. The van der Waals surface area contributed by atoms with Gasteiger partial charge in [0.1, 0.15) is 0 Å². The normalized spacial score (nSPS) is 10.6. The van der Waals surface area contributed by atoms with E-state index >= 15 is 0 Å². The highest BCUT2D eigenvalue weighted by molar-refractivity contribution is 5.44. The summed E-state index contributed by atoms with van der Waals surface area (Å²) in [5, 5.41) is 0. The summed E-state index contributed by atoms with van der Waals surface area (Å²) in [6, 6.07) is 14.4. The smallest absolute Gasteiger partial charge is 0.0519 e. The summed E-state index contributed by atoms with van der Waals surface area (Å²) in [5.74, 6) is 1.23. The van der Waals surface area contributed by atoms with Crippen molar-refractivity contribution in [3.63, 3.8) is 0 Å². The first-order valence-electron chi connectivity index (χ1n) is 5.10. The van der Waals surface area contributed by atoms with Crippen molar-refractivity contribution < 1.29 is 0 Å². The Labute approximate surface area is 90.8 Å². The summed E-state index contributed by atoms with van der Waals surface area (Å²) in [5.41, 5.74) is 3.61. The Hall–Kier alpha value is -1.63. The number of aryl methyl sites for hydroxylation is 1. The lowest BCUT2D eigenvalue weighted by atomic mass is 9.93. The Bertz CT molecular complexity index is 434. The molecule has 0 saturated carbocycles. The molecule has 0 aliphatic heterocycles. The van der Waals surface area contributed by atoms with E-state index in [1.165, 1.54) is 17.0 Å². The fourth-order valence-corrected chi connectivity index (χ4v) is 1.72. The lowest BCUT2D eigenvalue weighted by molar-refractivity contribution is 1.07. The van der Waals surface area contributed by atoms with Crippen LogP contribution in [0.15, 0.2) is 48.7 Å². The Kier molecular flexibility index (Phi) is 2.82. The average Bonchev–Trinajstić information content (AvgIpc) is 2.30. The zero-order chi connectivity index (χ0) is 10.7. The van der Waals surface area contributed by atoms with Crippen molar-refractivity contribution in [3.05, 3.63) is 71.4 Å². The standard InChI is InChI=1S/C14H14N/c1-11-7-3-4-8-13(11)12(2)14-9-5-6-10-15-14/h3-10H,1-2H3. The molecule has 0 fully saturated rings. The molecule has 0 N–H and O–H groups in total. The molecule has 0 aliphatic carbocycles. The summed E-state index contributed by atoms with van der Waals surface area (Å²) in [6.07, 6.45) is 1.83. The quantitative estimate of drug-likeness (QED) is 0.717. The minimum Gasteiger partial charge on any atom is -0.260 e. The number of rotatable bonds is 2. The van der Waals surface area contributed by atoms with E-state index in [1.54, 1.807) is 0 Å². The molecule has 1 heteroatoms. The molecule has 1 aromatic heterocycles.